The van der Waals surface area contributed by atoms with Gasteiger partial charge >= 0.3 is 0 Å². The smallest absolute Gasteiger partial charge is 0.0152 e. The zero-order chi connectivity index (χ0) is 12.6. The molecule has 1 atom stereocenters. The van der Waals surface area contributed by atoms with Gasteiger partial charge in [-0.1, -0.05) is 44.7 Å². The van der Waals surface area contributed by atoms with Crippen molar-refractivity contribution in [3.05, 3.63) is 41.5 Å². The van der Waals surface area contributed by atoms with Crippen molar-refractivity contribution in [2.45, 2.75) is 26.7 Å². The van der Waals surface area contributed by atoms with E-state index in [9.17, 15) is 0 Å². The lowest BCUT2D eigenvalue weighted by Crippen LogP contribution is -1.97. The van der Waals surface area contributed by atoms with Gasteiger partial charge in [0.05, 0.1) is 0 Å². The molecular formula is C12H18NO2S-. The highest BCUT2D eigenvalue weighted by Gasteiger charge is 1.97. The van der Waals surface area contributed by atoms with Crippen LogP contribution in [0.25, 0.3) is 6.08 Å². The Morgan fingerprint density at radius 1 is 1.38 bits per heavy atom. The molecule has 0 aliphatic heterocycles. The normalized spacial score (nSPS) is 11.2. The van der Waals surface area contributed by atoms with Gasteiger partial charge in [0, 0.05) is 11.3 Å². The average molecular weight is 240 g/mol. The van der Waals surface area contributed by atoms with Crippen LogP contribution in [0.3, 0.4) is 0 Å². The second-order valence-corrected chi connectivity index (χ2v) is 3.72. The molecule has 0 aromatic heterocycles. The lowest BCUT2D eigenvalue weighted by atomic mass is 10.0. The van der Waals surface area contributed by atoms with Gasteiger partial charge in [-0.05, 0) is 29.5 Å². The Morgan fingerprint density at radius 2 is 1.88 bits per heavy atom. The Kier molecular flexibility index (Phi) is 7.72. The summed E-state index contributed by atoms with van der Waals surface area (Å²) in [6.07, 6.45) is 4.14. The second-order valence-electron chi connectivity index (χ2n) is 3.20. The van der Waals surface area contributed by atoms with Gasteiger partial charge in [-0.15, -0.1) is 0 Å². The van der Waals surface area contributed by atoms with Crippen LogP contribution in [-0.4, -0.2) is 8.76 Å². The summed E-state index contributed by atoms with van der Waals surface area (Å²) in [4.78, 5) is 0. The SMILES string of the molecule is C=Cc1ccc(CC)c(CC)c1.NS(=O)[O-]. The summed E-state index contributed by atoms with van der Waals surface area (Å²) in [6, 6.07) is 6.56. The fraction of sp³-hybridized carbons (Fsp3) is 0.333. The molecular weight excluding hydrogens is 222 g/mol. The molecule has 1 aromatic carbocycles. The maximum absolute atomic E-state index is 8.78. The second kappa shape index (κ2) is 8.21. The number of hydrogen-bond donors (Lipinski definition) is 1. The monoisotopic (exact) mass is 240 g/mol. The highest BCUT2D eigenvalue weighted by molar-refractivity contribution is 7.76. The van der Waals surface area contributed by atoms with Crippen molar-refractivity contribution >= 4 is 17.3 Å². The van der Waals surface area contributed by atoms with E-state index in [2.05, 4.69) is 43.8 Å². The van der Waals surface area contributed by atoms with Crippen molar-refractivity contribution in [1.82, 2.24) is 0 Å². The van der Waals surface area contributed by atoms with Crippen LogP contribution in [0.1, 0.15) is 30.5 Å². The van der Waals surface area contributed by atoms with Crippen LogP contribution in [0.4, 0.5) is 0 Å². The van der Waals surface area contributed by atoms with E-state index in [4.69, 9.17) is 8.76 Å². The first-order valence-corrected chi connectivity index (χ1v) is 6.26. The van der Waals surface area contributed by atoms with Crippen molar-refractivity contribution in [3.63, 3.8) is 0 Å². The molecule has 16 heavy (non-hydrogen) atoms. The van der Waals surface area contributed by atoms with Crippen LogP contribution < -0.4 is 5.14 Å². The third-order valence-electron chi connectivity index (χ3n) is 2.23. The molecule has 0 amide bonds. The van der Waals surface area contributed by atoms with Crippen LogP contribution in [0.2, 0.25) is 0 Å². The number of aryl methyl sites for hydroxylation is 2. The van der Waals surface area contributed by atoms with Crippen LogP contribution >= 0.6 is 0 Å². The van der Waals surface area contributed by atoms with Crippen molar-refractivity contribution in [3.8, 4) is 0 Å². The highest BCUT2D eigenvalue weighted by Crippen LogP contribution is 2.14. The molecule has 0 spiro atoms. The van der Waals surface area contributed by atoms with Crippen LogP contribution in [0.15, 0.2) is 24.8 Å². The van der Waals surface area contributed by atoms with E-state index < -0.39 is 11.3 Å². The zero-order valence-corrected chi connectivity index (χ0v) is 10.5. The van der Waals surface area contributed by atoms with E-state index >= 15 is 0 Å². The van der Waals surface area contributed by atoms with Gasteiger partial charge in [0.15, 0.2) is 0 Å². The standard InChI is InChI=1S/C12H16.H3NO2S/c1-4-10-7-8-11(5-2)12(6-3)9-10;1-4(2)3/h4,7-9H,1,5-6H2,2-3H3;1H2,(H,2,3)/p-1. The molecule has 0 heterocycles. The van der Waals surface area contributed by atoms with Crippen LogP contribution in [0.5, 0.6) is 0 Å². The molecule has 4 heteroatoms. The van der Waals surface area contributed by atoms with Crippen molar-refractivity contribution in [1.29, 1.82) is 0 Å². The molecule has 1 aromatic rings. The number of rotatable bonds is 3. The fourth-order valence-corrected chi connectivity index (χ4v) is 1.45. The summed E-state index contributed by atoms with van der Waals surface area (Å²) in [5.41, 5.74) is 4.14. The summed E-state index contributed by atoms with van der Waals surface area (Å²) in [5, 5.41) is 4.03. The molecule has 1 rings (SSSR count). The Hall–Kier alpha value is -0.970. The van der Waals surface area contributed by atoms with E-state index in [-0.39, 0.29) is 0 Å². The number of benzene rings is 1. The Bertz CT molecular complexity index is 360. The minimum absolute atomic E-state index is 1.12. The quantitative estimate of drug-likeness (QED) is 0.823. The predicted octanol–water partition coefficient (Wildman–Crippen LogP) is 2.19. The molecule has 90 valence electrons. The van der Waals surface area contributed by atoms with Crippen LogP contribution in [0, 0.1) is 0 Å². The van der Waals surface area contributed by atoms with E-state index in [0.29, 0.717) is 0 Å². The first kappa shape index (κ1) is 15.0. The number of hydrogen-bond acceptors (Lipinski definition) is 2. The average Bonchev–Trinajstić information content (AvgIpc) is 2.27. The predicted molar refractivity (Wildman–Crippen MR) is 68.4 cm³/mol. The molecule has 0 fully saturated rings. The first-order valence-electron chi connectivity index (χ1n) is 5.13. The van der Waals surface area contributed by atoms with Crippen molar-refractivity contribution in [2.75, 3.05) is 0 Å². The molecule has 0 radical (unpaired) electrons. The molecule has 0 aliphatic rings. The maximum atomic E-state index is 8.78. The topological polar surface area (TPSA) is 66.2 Å². The summed E-state index contributed by atoms with van der Waals surface area (Å²) in [5.74, 6) is 0. The minimum Gasteiger partial charge on any atom is -0.760 e. The molecule has 2 N–H and O–H groups in total. The lowest BCUT2D eigenvalue weighted by molar-refractivity contribution is 0.539. The molecule has 0 saturated heterocycles. The Morgan fingerprint density at radius 3 is 2.25 bits per heavy atom. The fourth-order valence-electron chi connectivity index (χ4n) is 1.45. The summed E-state index contributed by atoms with van der Waals surface area (Å²) >= 11 is -2.36. The van der Waals surface area contributed by atoms with E-state index in [1.165, 1.54) is 16.7 Å². The van der Waals surface area contributed by atoms with Gasteiger partial charge in [0.2, 0.25) is 0 Å². The van der Waals surface area contributed by atoms with Gasteiger partial charge in [-0.3, -0.25) is 9.35 Å². The van der Waals surface area contributed by atoms with Gasteiger partial charge in [-0.2, -0.15) is 0 Å². The Labute approximate surface area is 99.8 Å². The molecule has 0 saturated carbocycles. The van der Waals surface area contributed by atoms with Gasteiger partial charge in [-0.25, -0.2) is 0 Å². The highest BCUT2D eigenvalue weighted by atomic mass is 32.2. The summed E-state index contributed by atoms with van der Waals surface area (Å²) in [6.45, 7) is 8.15. The largest absolute Gasteiger partial charge is 0.760 e. The van der Waals surface area contributed by atoms with Gasteiger partial charge in [0.1, 0.15) is 0 Å². The van der Waals surface area contributed by atoms with Crippen molar-refractivity contribution < 1.29 is 8.76 Å². The third kappa shape index (κ3) is 5.80. The van der Waals surface area contributed by atoms with Crippen molar-refractivity contribution in [2.24, 2.45) is 5.14 Å². The minimum atomic E-state index is -2.36. The maximum Gasteiger partial charge on any atom is 0.0152 e. The van der Waals surface area contributed by atoms with E-state index in [1.807, 2.05) is 6.08 Å². The lowest BCUT2D eigenvalue weighted by Gasteiger charge is -2.05. The number of nitrogens with two attached hydrogens (primary N) is 1. The Balaban J connectivity index is 0.000000487. The molecule has 0 aliphatic carbocycles. The molecule has 0 bridgehead atoms. The molecule has 1 unspecified atom stereocenters. The third-order valence-corrected chi connectivity index (χ3v) is 2.23. The van der Waals surface area contributed by atoms with Crippen LogP contribution in [-0.2, 0) is 24.1 Å². The summed E-state index contributed by atoms with van der Waals surface area (Å²) in [7, 11) is 0. The van der Waals surface area contributed by atoms with E-state index in [1.54, 1.807) is 0 Å². The zero-order valence-electron chi connectivity index (χ0n) is 9.73. The first-order chi connectivity index (χ1) is 7.54. The summed E-state index contributed by atoms with van der Waals surface area (Å²) < 4.78 is 17.6. The molecule has 3 nitrogen and oxygen atoms in total. The van der Waals surface area contributed by atoms with E-state index in [0.717, 1.165) is 12.8 Å². The van der Waals surface area contributed by atoms with Gasteiger partial charge in [0.25, 0.3) is 0 Å². The van der Waals surface area contributed by atoms with Gasteiger partial charge < -0.3 is 4.55 Å².